The minimum absolute atomic E-state index is 0.172. The minimum atomic E-state index is -0.971. The molecular weight excluding hydrogens is 448 g/mol. The van der Waals surface area contributed by atoms with Crippen LogP contribution in [0.4, 0.5) is 5.69 Å². The fourth-order valence-electron chi connectivity index (χ4n) is 5.00. The van der Waals surface area contributed by atoms with E-state index in [9.17, 15) is 14.7 Å². The molecule has 0 unspecified atom stereocenters. The van der Waals surface area contributed by atoms with Gasteiger partial charge in [-0.1, -0.05) is 54.6 Å². The number of nitrogens with two attached hydrogens (primary N) is 1. The van der Waals surface area contributed by atoms with Gasteiger partial charge in [0.05, 0.1) is 5.60 Å². The Morgan fingerprint density at radius 1 is 0.889 bits per heavy atom. The molecule has 36 heavy (non-hydrogen) atoms. The molecule has 2 amide bonds. The van der Waals surface area contributed by atoms with Crippen LogP contribution in [0, 0.1) is 6.92 Å². The van der Waals surface area contributed by atoms with Crippen molar-refractivity contribution in [2.24, 2.45) is 5.73 Å². The predicted octanol–water partition coefficient (Wildman–Crippen LogP) is 5.81. The second-order valence-electron chi connectivity index (χ2n) is 9.78. The molecule has 0 heterocycles. The Balaban J connectivity index is 1.63. The van der Waals surface area contributed by atoms with Crippen molar-refractivity contribution in [1.29, 1.82) is 0 Å². The summed E-state index contributed by atoms with van der Waals surface area (Å²) in [7, 11) is 0. The molecule has 5 heteroatoms. The van der Waals surface area contributed by atoms with Crippen LogP contribution in [0.5, 0.6) is 0 Å². The number of nitrogens with one attached hydrogen (secondary N) is 1. The number of primary amides is 1. The summed E-state index contributed by atoms with van der Waals surface area (Å²) in [5, 5.41) is 13.6. The van der Waals surface area contributed by atoms with Crippen molar-refractivity contribution in [3.05, 3.63) is 112 Å². The van der Waals surface area contributed by atoms with Gasteiger partial charge in [0.2, 0.25) is 5.91 Å². The number of fused-ring (bicyclic) bond motifs is 3. The van der Waals surface area contributed by atoms with Crippen molar-refractivity contribution in [3.8, 4) is 22.3 Å². The van der Waals surface area contributed by atoms with Crippen LogP contribution < -0.4 is 11.1 Å². The zero-order valence-electron chi connectivity index (χ0n) is 20.6. The van der Waals surface area contributed by atoms with E-state index >= 15 is 0 Å². The summed E-state index contributed by atoms with van der Waals surface area (Å²) in [5.41, 5.74) is 14.2. The van der Waals surface area contributed by atoms with E-state index < -0.39 is 11.5 Å². The Kier molecular flexibility index (Phi) is 5.73. The molecule has 0 aromatic heterocycles. The van der Waals surface area contributed by atoms with Crippen LogP contribution >= 0.6 is 0 Å². The van der Waals surface area contributed by atoms with Crippen molar-refractivity contribution >= 4 is 17.5 Å². The van der Waals surface area contributed by atoms with Crippen LogP contribution in [0.3, 0.4) is 0 Å². The van der Waals surface area contributed by atoms with Gasteiger partial charge >= 0.3 is 0 Å². The van der Waals surface area contributed by atoms with E-state index in [0.717, 1.165) is 50.2 Å². The largest absolute Gasteiger partial charge is 0.386 e. The second-order valence-corrected chi connectivity index (χ2v) is 9.78. The van der Waals surface area contributed by atoms with Gasteiger partial charge in [-0.2, -0.15) is 0 Å². The number of aliphatic hydroxyl groups is 1. The molecule has 0 saturated carbocycles. The van der Waals surface area contributed by atoms with Gasteiger partial charge in [0, 0.05) is 16.8 Å². The number of hydrogen-bond donors (Lipinski definition) is 3. The molecule has 5 nitrogen and oxygen atoms in total. The lowest BCUT2D eigenvalue weighted by Crippen LogP contribution is -2.15. The highest BCUT2D eigenvalue weighted by atomic mass is 16.3. The second kappa shape index (κ2) is 8.77. The standard InChI is InChI=1S/C31H28N2O3/c1-18-22(10-7-11-27(18)33-30(35)19-8-5-4-6-9-19)24-14-15-25(29(32)34)26-17-20-16-21(31(2,3)36)12-13-23(20)28(24)26/h4-16,36H,17H2,1-3H3,(H2,32,34)(H,33,35). The summed E-state index contributed by atoms with van der Waals surface area (Å²) >= 11 is 0. The van der Waals surface area contributed by atoms with Gasteiger partial charge < -0.3 is 16.2 Å². The van der Waals surface area contributed by atoms with Gasteiger partial charge in [-0.3, -0.25) is 9.59 Å². The number of carbonyl (C=O) groups excluding carboxylic acids is 2. The summed E-state index contributed by atoms with van der Waals surface area (Å²) in [6, 6.07) is 24.6. The maximum absolute atomic E-state index is 12.8. The van der Waals surface area contributed by atoms with Gasteiger partial charge in [-0.05, 0) is 96.0 Å². The maximum Gasteiger partial charge on any atom is 0.255 e. The minimum Gasteiger partial charge on any atom is -0.386 e. The zero-order chi connectivity index (χ0) is 25.6. The van der Waals surface area contributed by atoms with E-state index in [1.807, 2.05) is 67.6 Å². The highest BCUT2D eigenvalue weighted by Gasteiger charge is 2.29. The molecule has 0 spiro atoms. The molecule has 0 radical (unpaired) electrons. The maximum atomic E-state index is 12.8. The molecule has 1 aliphatic rings. The Bertz CT molecular complexity index is 1520. The first-order valence-corrected chi connectivity index (χ1v) is 11.9. The SMILES string of the molecule is Cc1c(NC(=O)c2ccccc2)cccc1-c1ccc(C(N)=O)c2c1-c1ccc(C(C)(C)O)cc1C2. The number of rotatable bonds is 5. The first-order chi connectivity index (χ1) is 17.1. The average Bonchev–Trinajstić information content (AvgIpc) is 3.23. The summed E-state index contributed by atoms with van der Waals surface area (Å²) in [6.07, 6.45) is 0.560. The molecule has 1 aliphatic carbocycles. The topological polar surface area (TPSA) is 92.4 Å². The van der Waals surface area contributed by atoms with Crippen LogP contribution in [0.1, 0.15) is 56.8 Å². The van der Waals surface area contributed by atoms with Crippen LogP contribution in [0.15, 0.2) is 78.9 Å². The Morgan fingerprint density at radius 2 is 1.61 bits per heavy atom. The van der Waals surface area contributed by atoms with Crippen LogP contribution in [0.25, 0.3) is 22.3 Å². The third-order valence-electron chi connectivity index (χ3n) is 6.93. The fraction of sp³-hybridized carbons (Fsp3) is 0.161. The number of carbonyl (C=O) groups is 2. The van der Waals surface area contributed by atoms with E-state index in [1.165, 1.54) is 0 Å². The first-order valence-electron chi connectivity index (χ1n) is 11.9. The lowest BCUT2D eigenvalue weighted by Gasteiger charge is -2.19. The normalized spacial score (nSPS) is 12.1. The molecular formula is C31H28N2O3. The van der Waals surface area contributed by atoms with Crippen molar-refractivity contribution in [2.75, 3.05) is 5.32 Å². The van der Waals surface area contributed by atoms with Gasteiger partial charge in [-0.15, -0.1) is 0 Å². The number of benzene rings is 4. The molecule has 0 aliphatic heterocycles. The number of amides is 2. The molecule has 4 aromatic carbocycles. The molecule has 0 atom stereocenters. The predicted molar refractivity (Wildman–Crippen MR) is 143 cm³/mol. The smallest absolute Gasteiger partial charge is 0.255 e. The van der Waals surface area contributed by atoms with Crippen LogP contribution in [-0.2, 0) is 12.0 Å². The molecule has 0 fully saturated rings. The van der Waals surface area contributed by atoms with E-state index in [1.54, 1.807) is 32.0 Å². The van der Waals surface area contributed by atoms with E-state index in [0.29, 0.717) is 17.5 Å². The van der Waals surface area contributed by atoms with Gasteiger partial charge in [-0.25, -0.2) is 0 Å². The lowest BCUT2D eigenvalue weighted by molar-refractivity contribution is 0.0785. The van der Waals surface area contributed by atoms with Crippen molar-refractivity contribution in [3.63, 3.8) is 0 Å². The van der Waals surface area contributed by atoms with Crippen molar-refractivity contribution < 1.29 is 14.7 Å². The van der Waals surface area contributed by atoms with Gasteiger partial charge in [0.1, 0.15) is 0 Å². The molecule has 4 aromatic rings. The molecule has 0 bridgehead atoms. The lowest BCUT2D eigenvalue weighted by atomic mass is 9.88. The molecule has 180 valence electrons. The Hall–Kier alpha value is -4.22. The monoisotopic (exact) mass is 476 g/mol. The van der Waals surface area contributed by atoms with E-state index in [4.69, 9.17) is 5.73 Å². The van der Waals surface area contributed by atoms with E-state index in [-0.39, 0.29) is 5.91 Å². The number of hydrogen-bond acceptors (Lipinski definition) is 3. The Labute approximate surface area is 210 Å². The summed E-state index contributed by atoms with van der Waals surface area (Å²) in [4.78, 5) is 25.1. The van der Waals surface area contributed by atoms with Crippen molar-refractivity contribution in [2.45, 2.75) is 32.8 Å². The van der Waals surface area contributed by atoms with Crippen molar-refractivity contribution in [1.82, 2.24) is 0 Å². The highest BCUT2D eigenvalue weighted by molar-refractivity contribution is 6.06. The third-order valence-corrected chi connectivity index (χ3v) is 6.93. The quantitative estimate of drug-likeness (QED) is 0.299. The molecule has 5 rings (SSSR count). The Morgan fingerprint density at radius 3 is 2.31 bits per heavy atom. The van der Waals surface area contributed by atoms with Crippen LogP contribution in [-0.4, -0.2) is 16.9 Å². The highest BCUT2D eigenvalue weighted by Crippen LogP contribution is 2.46. The summed E-state index contributed by atoms with van der Waals surface area (Å²) in [6.45, 7) is 5.50. The van der Waals surface area contributed by atoms with Gasteiger partial charge in [0.25, 0.3) is 5.91 Å². The van der Waals surface area contributed by atoms with Gasteiger partial charge in [0.15, 0.2) is 0 Å². The van der Waals surface area contributed by atoms with E-state index in [2.05, 4.69) is 5.32 Å². The molecule has 4 N–H and O–H groups in total. The summed E-state index contributed by atoms with van der Waals surface area (Å²) < 4.78 is 0. The zero-order valence-corrected chi connectivity index (χ0v) is 20.6. The first kappa shape index (κ1) is 23.5. The number of anilines is 1. The average molecular weight is 477 g/mol. The summed E-state index contributed by atoms with van der Waals surface area (Å²) in [5.74, 6) is -0.636. The van der Waals surface area contributed by atoms with Crippen LogP contribution in [0.2, 0.25) is 0 Å². The fourth-order valence-corrected chi connectivity index (χ4v) is 5.00. The molecule has 0 saturated heterocycles. The third kappa shape index (κ3) is 4.08.